The van der Waals surface area contributed by atoms with E-state index in [2.05, 4.69) is 29.2 Å². The van der Waals surface area contributed by atoms with Crippen molar-refractivity contribution in [2.45, 2.75) is 32.7 Å². The lowest BCUT2D eigenvalue weighted by Crippen LogP contribution is -2.32. The maximum Gasteiger partial charge on any atom is 0.255 e. The molecule has 1 amide bonds. The molecule has 6 nitrogen and oxygen atoms in total. The van der Waals surface area contributed by atoms with E-state index in [0.29, 0.717) is 5.56 Å². The summed E-state index contributed by atoms with van der Waals surface area (Å²) in [6, 6.07) is 2.19. The highest BCUT2D eigenvalue weighted by Crippen LogP contribution is 2.28. The molecule has 2 aromatic rings. The Hall–Kier alpha value is -1.95. The van der Waals surface area contributed by atoms with E-state index in [4.69, 9.17) is 0 Å². The van der Waals surface area contributed by atoms with Gasteiger partial charge in [0.2, 0.25) is 0 Å². The first-order valence-corrected chi connectivity index (χ1v) is 8.96. The summed E-state index contributed by atoms with van der Waals surface area (Å²) in [6.07, 6.45) is 5.71. The van der Waals surface area contributed by atoms with E-state index in [1.807, 2.05) is 15.6 Å². The van der Waals surface area contributed by atoms with Crippen molar-refractivity contribution in [1.29, 1.82) is 0 Å². The molecule has 0 spiro atoms. The SMILES string of the molecule is CC(C)n1ncc2cc(C(=O)N3CC[C@@H]4CNC[C@@H]4CC3)cnc21. The fourth-order valence-electron chi connectivity index (χ4n) is 4.04. The Bertz CT molecular complexity index is 739. The molecule has 0 bridgehead atoms. The molecule has 2 fully saturated rings. The molecule has 4 heterocycles. The maximum atomic E-state index is 12.9. The van der Waals surface area contributed by atoms with Gasteiger partial charge >= 0.3 is 0 Å². The predicted octanol–water partition coefficient (Wildman–Crippen LogP) is 2.08. The predicted molar refractivity (Wildman–Crippen MR) is 92.9 cm³/mol. The lowest BCUT2D eigenvalue weighted by molar-refractivity contribution is 0.0758. The van der Waals surface area contributed by atoms with Crippen molar-refractivity contribution < 1.29 is 4.79 Å². The molecule has 4 rings (SSSR count). The van der Waals surface area contributed by atoms with Crippen molar-refractivity contribution in [1.82, 2.24) is 25.0 Å². The van der Waals surface area contributed by atoms with Gasteiger partial charge in [0.05, 0.1) is 11.8 Å². The molecule has 6 heteroatoms. The summed E-state index contributed by atoms with van der Waals surface area (Å²) in [6.45, 7) is 8.07. The molecule has 0 aromatic carbocycles. The van der Waals surface area contributed by atoms with Crippen LogP contribution in [0.1, 0.15) is 43.1 Å². The molecular weight excluding hydrogens is 302 g/mol. The minimum atomic E-state index is 0.106. The third-order valence-corrected chi connectivity index (χ3v) is 5.48. The Morgan fingerprint density at radius 3 is 2.58 bits per heavy atom. The Morgan fingerprint density at radius 1 is 1.21 bits per heavy atom. The quantitative estimate of drug-likeness (QED) is 0.917. The number of rotatable bonds is 2. The van der Waals surface area contributed by atoms with Gasteiger partial charge in [-0.2, -0.15) is 5.10 Å². The van der Waals surface area contributed by atoms with Crippen molar-refractivity contribution in [2.24, 2.45) is 11.8 Å². The minimum Gasteiger partial charge on any atom is -0.339 e. The summed E-state index contributed by atoms with van der Waals surface area (Å²) in [5.41, 5.74) is 1.52. The summed E-state index contributed by atoms with van der Waals surface area (Å²) in [7, 11) is 0. The van der Waals surface area contributed by atoms with Crippen LogP contribution in [0.2, 0.25) is 0 Å². The first-order chi connectivity index (χ1) is 11.6. The van der Waals surface area contributed by atoms with Crippen LogP contribution in [0.3, 0.4) is 0 Å². The molecule has 2 saturated heterocycles. The molecule has 2 atom stereocenters. The summed E-state index contributed by atoms with van der Waals surface area (Å²) < 4.78 is 1.89. The molecule has 24 heavy (non-hydrogen) atoms. The van der Waals surface area contributed by atoms with Gasteiger partial charge in [0.15, 0.2) is 5.65 Å². The van der Waals surface area contributed by atoms with Gasteiger partial charge in [-0.25, -0.2) is 9.67 Å². The zero-order valence-electron chi connectivity index (χ0n) is 14.4. The fraction of sp³-hybridized carbons (Fsp3) is 0.611. The number of carbonyl (C=O) groups excluding carboxylic acids is 1. The van der Waals surface area contributed by atoms with Crippen LogP contribution in [0.15, 0.2) is 18.5 Å². The molecule has 1 N–H and O–H groups in total. The van der Waals surface area contributed by atoms with E-state index in [1.165, 1.54) is 0 Å². The Kier molecular flexibility index (Phi) is 4.00. The second-order valence-electron chi connectivity index (χ2n) is 7.37. The number of aromatic nitrogens is 3. The third kappa shape index (κ3) is 2.69. The fourth-order valence-corrected chi connectivity index (χ4v) is 4.04. The summed E-state index contributed by atoms with van der Waals surface area (Å²) in [4.78, 5) is 19.4. The first kappa shape index (κ1) is 15.6. The average Bonchev–Trinajstić information content (AvgIpc) is 3.16. The Morgan fingerprint density at radius 2 is 1.92 bits per heavy atom. The molecule has 2 aromatic heterocycles. The number of hydrogen-bond donors (Lipinski definition) is 1. The van der Waals surface area contributed by atoms with Crippen LogP contribution in [0.4, 0.5) is 0 Å². The molecule has 128 valence electrons. The van der Waals surface area contributed by atoms with Crippen LogP contribution in [-0.4, -0.2) is 51.8 Å². The van der Waals surface area contributed by atoms with Crippen LogP contribution in [-0.2, 0) is 0 Å². The summed E-state index contributed by atoms with van der Waals surface area (Å²) in [5.74, 6) is 1.56. The highest BCUT2D eigenvalue weighted by molar-refractivity contribution is 5.96. The van der Waals surface area contributed by atoms with E-state index in [9.17, 15) is 4.79 Å². The highest BCUT2D eigenvalue weighted by atomic mass is 16.2. The maximum absolute atomic E-state index is 12.9. The second-order valence-corrected chi connectivity index (χ2v) is 7.37. The summed E-state index contributed by atoms with van der Waals surface area (Å²) in [5, 5.41) is 8.80. The molecule has 2 aliphatic rings. The number of hydrogen-bond acceptors (Lipinski definition) is 4. The molecule has 0 aliphatic carbocycles. The van der Waals surface area contributed by atoms with Gasteiger partial charge in [-0.1, -0.05) is 0 Å². The number of amides is 1. The van der Waals surface area contributed by atoms with Gasteiger partial charge in [0.1, 0.15) is 0 Å². The molecule has 0 unspecified atom stereocenters. The van der Waals surface area contributed by atoms with Gasteiger partial charge in [0, 0.05) is 30.7 Å². The van der Waals surface area contributed by atoms with Gasteiger partial charge in [-0.05, 0) is 57.7 Å². The van der Waals surface area contributed by atoms with Gasteiger partial charge in [-0.15, -0.1) is 0 Å². The largest absolute Gasteiger partial charge is 0.339 e. The standard InChI is InChI=1S/C18H25N5O/c1-12(2)23-17-15(11-21-23)7-16(10-20-17)18(24)22-5-3-13-8-19-9-14(13)4-6-22/h7,10-14,19H,3-6,8-9H2,1-2H3/t13-,14+. The highest BCUT2D eigenvalue weighted by Gasteiger charge is 2.31. The first-order valence-electron chi connectivity index (χ1n) is 8.96. The zero-order valence-corrected chi connectivity index (χ0v) is 14.4. The van der Waals surface area contributed by atoms with Crippen molar-refractivity contribution >= 4 is 16.9 Å². The number of fused-ring (bicyclic) bond motifs is 2. The normalized spacial score (nSPS) is 24.4. The van der Waals surface area contributed by atoms with Crippen molar-refractivity contribution in [3.05, 3.63) is 24.0 Å². The number of nitrogens with one attached hydrogen (secondary N) is 1. The van der Waals surface area contributed by atoms with E-state index < -0.39 is 0 Å². The lowest BCUT2D eigenvalue weighted by Gasteiger charge is -2.21. The average molecular weight is 327 g/mol. The van der Waals surface area contributed by atoms with E-state index in [0.717, 1.165) is 61.9 Å². The van der Waals surface area contributed by atoms with Gasteiger partial charge in [0.25, 0.3) is 5.91 Å². The second kappa shape index (κ2) is 6.16. The zero-order chi connectivity index (χ0) is 16.7. The number of pyridine rings is 1. The third-order valence-electron chi connectivity index (χ3n) is 5.48. The summed E-state index contributed by atoms with van der Waals surface area (Å²) >= 11 is 0. The number of carbonyl (C=O) groups is 1. The monoisotopic (exact) mass is 327 g/mol. The van der Waals surface area contributed by atoms with E-state index >= 15 is 0 Å². The smallest absolute Gasteiger partial charge is 0.255 e. The molecule has 0 saturated carbocycles. The Labute approximate surface area is 142 Å². The molecule has 0 radical (unpaired) electrons. The van der Waals surface area contributed by atoms with Crippen LogP contribution >= 0.6 is 0 Å². The molecule has 2 aliphatic heterocycles. The van der Waals surface area contributed by atoms with Crippen LogP contribution in [0.5, 0.6) is 0 Å². The van der Waals surface area contributed by atoms with Crippen molar-refractivity contribution in [3.8, 4) is 0 Å². The van der Waals surface area contributed by atoms with Gasteiger partial charge < -0.3 is 10.2 Å². The van der Waals surface area contributed by atoms with Crippen LogP contribution in [0, 0.1) is 11.8 Å². The topological polar surface area (TPSA) is 63.1 Å². The number of likely N-dealkylation sites (tertiary alicyclic amines) is 1. The minimum absolute atomic E-state index is 0.106. The van der Waals surface area contributed by atoms with E-state index in [-0.39, 0.29) is 11.9 Å². The lowest BCUT2D eigenvalue weighted by atomic mass is 9.92. The van der Waals surface area contributed by atoms with E-state index in [1.54, 1.807) is 12.4 Å². The van der Waals surface area contributed by atoms with Gasteiger partial charge in [-0.3, -0.25) is 4.79 Å². The van der Waals surface area contributed by atoms with Crippen LogP contribution in [0.25, 0.3) is 11.0 Å². The molecular formula is C18H25N5O. The van der Waals surface area contributed by atoms with Crippen molar-refractivity contribution in [3.63, 3.8) is 0 Å². The van der Waals surface area contributed by atoms with Crippen LogP contribution < -0.4 is 5.32 Å². The van der Waals surface area contributed by atoms with Crippen molar-refractivity contribution in [2.75, 3.05) is 26.2 Å². The Balaban J connectivity index is 1.54. The number of nitrogens with zero attached hydrogens (tertiary/aromatic N) is 4.